The van der Waals surface area contributed by atoms with Gasteiger partial charge in [-0.3, -0.25) is 0 Å². The fraction of sp³-hybridized carbons (Fsp3) is 0. The van der Waals surface area contributed by atoms with Crippen LogP contribution in [0.5, 0.6) is 0 Å². The maximum absolute atomic E-state index is 7.21. The minimum absolute atomic E-state index is 0. The molecule has 19 valence electrons. The van der Waals surface area contributed by atoms with Crippen molar-refractivity contribution in [2.75, 3.05) is 0 Å². The summed E-state index contributed by atoms with van der Waals surface area (Å²) < 4.78 is 7.21. The fourth-order valence-electron chi connectivity index (χ4n) is 0. The second kappa shape index (κ2) is 18.3. The van der Waals surface area contributed by atoms with Crippen molar-refractivity contribution in [3.8, 4) is 0 Å². The van der Waals surface area contributed by atoms with E-state index in [1.54, 1.807) is 0 Å². The van der Waals surface area contributed by atoms with Crippen molar-refractivity contribution in [3.63, 3.8) is 0 Å². The average molecular weight is 169 g/mol. The van der Waals surface area contributed by atoms with Gasteiger partial charge in [-0.1, -0.05) is 0 Å². The van der Waals surface area contributed by atoms with Gasteiger partial charge >= 0.3 is 55.5 Å². The third-order valence-electron chi connectivity index (χ3n) is 0. The third-order valence-corrected chi connectivity index (χ3v) is 0. The Morgan fingerprint density at radius 3 is 1.25 bits per heavy atom. The van der Waals surface area contributed by atoms with E-state index in [4.69, 9.17) is -0.767 Å². The Balaban J connectivity index is -0.00000000500. The number of hydrogen-bond donors (Lipinski definition) is 1. The van der Waals surface area contributed by atoms with Crippen LogP contribution in [0.25, 0.3) is 0 Å². The topological polar surface area (TPSA) is 20.2 Å². The summed E-state index contributed by atoms with van der Waals surface area (Å²) in [6, 6.07) is 0. The van der Waals surface area contributed by atoms with Gasteiger partial charge in [-0.25, -0.2) is 0 Å². The summed E-state index contributed by atoms with van der Waals surface area (Å²) >= 11 is -0.0500. The molecule has 0 aromatic rings. The molecular formula is HBFeORb. The molecule has 4 heteroatoms. The normalized spacial score (nSPS) is 1.75. The van der Waals surface area contributed by atoms with Crippen LogP contribution < -0.4 is 0 Å². The number of hydrogen-bond acceptors (Lipinski definition) is 1. The van der Waals surface area contributed by atoms with E-state index in [0.29, 0.717) is 0 Å². The Bertz CT molecular complexity index is 8.00. The van der Waals surface area contributed by atoms with Crippen LogP contribution >= 0.6 is 0 Å². The van der Waals surface area contributed by atoms with Crippen LogP contribution in [-0.4, -0.2) is 63.9 Å². The molecule has 0 heterocycles. The molecule has 0 spiro atoms. The van der Waals surface area contributed by atoms with Crippen molar-refractivity contribution in [2.45, 2.75) is 0 Å². The zero-order chi connectivity index (χ0) is 2.00. The zero-order valence-electron chi connectivity index (χ0n) is 2.38. The van der Waals surface area contributed by atoms with E-state index in [0.717, 1.165) is 0 Å². The summed E-state index contributed by atoms with van der Waals surface area (Å²) in [7, 11) is 0. The molecule has 0 aliphatic heterocycles. The van der Waals surface area contributed by atoms with Crippen LogP contribution in [0.1, 0.15) is 0 Å². The van der Waals surface area contributed by atoms with Crippen molar-refractivity contribution in [3.05, 3.63) is 0 Å². The van der Waals surface area contributed by atoms with Crippen LogP contribution in [-0.2, 0) is 17.1 Å². The Labute approximate surface area is 78.9 Å². The monoisotopic (exact) mass is 169 g/mol. The molecule has 1 nitrogen and oxygen atoms in total. The Morgan fingerprint density at radius 2 is 1.25 bits per heavy atom. The van der Waals surface area contributed by atoms with Gasteiger partial charge in [-0.05, 0) is 0 Å². The summed E-state index contributed by atoms with van der Waals surface area (Å²) in [5, 5.41) is 0. The molecule has 0 saturated carbocycles. The molecule has 0 saturated heterocycles. The first-order valence-corrected chi connectivity index (χ1v) is 2.65. The van der Waals surface area contributed by atoms with E-state index in [1.165, 1.54) is 0 Å². The summed E-state index contributed by atoms with van der Waals surface area (Å²) in [5.41, 5.74) is 0. The number of rotatable bonds is 0. The van der Waals surface area contributed by atoms with Crippen LogP contribution in [0.3, 0.4) is 0 Å². The predicted octanol–water partition coefficient (Wildman–Crippen LogP) is -1.32. The molecule has 3 radical (unpaired) electrons. The summed E-state index contributed by atoms with van der Waals surface area (Å²) in [5.74, 6) is 0. The average Bonchev–Trinajstić information content (AvgIpc) is 1.00. The molecule has 0 aliphatic carbocycles. The predicted molar refractivity (Wildman–Crippen MR) is 13.7 cm³/mol. The van der Waals surface area contributed by atoms with E-state index < -0.39 is 0 Å². The molecule has 4 heavy (non-hydrogen) atoms. The summed E-state index contributed by atoms with van der Waals surface area (Å²) in [6.07, 6.45) is 0. The van der Waals surface area contributed by atoms with Gasteiger partial charge in [0, 0.05) is 25.5 Å². The standard InChI is InChI=1S/B.Fe.H2O.Rb/h;;1H2;/q;;;+1/p-1. The zero-order valence-corrected chi connectivity index (χ0v) is 8.40. The van der Waals surface area contributed by atoms with Gasteiger partial charge in [0.05, 0.1) is 0 Å². The Hall–Kier alpha value is 2.35. The maximum atomic E-state index is 7.21. The van der Waals surface area contributed by atoms with E-state index >= 15 is 0 Å². The van der Waals surface area contributed by atoms with Crippen LogP contribution in [0.2, 0.25) is 0 Å². The minimum atomic E-state index is -0.0500. The molecule has 0 amide bonds. The molecule has 0 aromatic heterocycles. The van der Waals surface area contributed by atoms with E-state index in [2.05, 4.69) is 0 Å². The van der Waals surface area contributed by atoms with Gasteiger partial charge in [0.15, 0.2) is 0 Å². The van der Waals surface area contributed by atoms with E-state index in [1.807, 2.05) is 0 Å². The third kappa shape index (κ3) is 8.84. The molecular weight excluding hydrogens is 168 g/mol. The Kier molecular flexibility index (Phi) is 74.2. The van der Waals surface area contributed by atoms with Crippen molar-refractivity contribution in [2.24, 2.45) is 0 Å². The summed E-state index contributed by atoms with van der Waals surface area (Å²) in [6.45, 7) is 0. The van der Waals surface area contributed by atoms with Crippen molar-refractivity contribution in [1.29, 1.82) is 0 Å². The second-order valence-electron chi connectivity index (χ2n) is 0. The first-order chi connectivity index (χ1) is 1.00. The first-order valence-electron chi connectivity index (χ1n) is 0.447. The van der Waals surface area contributed by atoms with Gasteiger partial charge in [0.1, 0.15) is 0 Å². The molecule has 0 rings (SSSR count). The molecule has 0 aliphatic rings. The summed E-state index contributed by atoms with van der Waals surface area (Å²) in [4.78, 5) is 0. The van der Waals surface area contributed by atoms with Crippen molar-refractivity contribution >= 4 is 64.7 Å². The first kappa shape index (κ1) is 16.2. The van der Waals surface area contributed by atoms with E-state index in [-0.39, 0.29) is 81.8 Å². The van der Waals surface area contributed by atoms with Crippen molar-refractivity contribution in [1.82, 2.24) is 0 Å². The van der Waals surface area contributed by atoms with Gasteiger partial charge in [-0.2, -0.15) is 0 Å². The quantitative estimate of drug-likeness (QED) is 0.446. The van der Waals surface area contributed by atoms with Crippen molar-refractivity contribution < 1.29 is 16.3 Å². The van der Waals surface area contributed by atoms with Crippen LogP contribution in [0, 0.1) is 0 Å². The molecule has 1 N–H and O–H groups in total. The fourth-order valence-corrected chi connectivity index (χ4v) is 0. The van der Waals surface area contributed by atoms with Gasteiger partial charge < -0.3 is 0 Å². The molecule has 0 fully saturated rings. The van der Waals surface area contributed by atoms with Gasteiger partial charge in [0.2, 0.25) is 0 Å². The van der Waals surface area contributed by atoms with Crippen LogP contribution in [0.4, 0.5) is 0 Å². The van der Waals surface area contributed by atoms with E-state index in [9.17, 15) is 0 Å². The second-order valence-corrected chi connectivity index (χ2v) is 0. The SMILES string of the molecule is [B].[Fe].[OH][Rb]. The molecule has 0 atom stereocenters. The van der Waals surface area contributed by atoms with Crippen LogP contribution in [0.15, 0.2) is 0 Å². The molecule has 0 bridgehead atoms. The molecule has 0 unspecified atom stereocenters. The Morgan fingerprint density at radius 1 is 1.25 bits per heavy atom. The van der Waals surface area contributed by atoms with Gasteiger partial charge in [-0.15, -0.1) is 0 Å². The molecule has 0 aromatic carbocycles. The van der Waals surface area contributed by atoms with Gasteiger partial charge in [0.25, 0.3) is 0 Å².